The number of H-pyrrole nitrogens is 1. The second-order valence-electron chi connectivity index (χ2n) is 7.28. The third-order valence-corrected chi connectivity index (χ3v) is 5.45. The summed E-state index contributed by atoms with van der Waals surface area (Å²) in [5.74, 6) is 1.08. The number of amides is 1. The highest BCUT2D eigenvalue weighted by Gasteiger charge is 2.22. The van der Waals surface area contributed by atoms with E-state index in [1.165, 1.54) is 19.3 Å². The number of carbonyl (C=O) groups is 1. The minimum Gasteiger partial charge on any atom is -0.342 e. The van der Waals surface area contributed by atoms with Gasteiger partial charge in [0.2, 0.25) is 0 Å². The fraction of sp³-hybridized carbons (Fsp3) is 0.364. The van der Waals surface area contributed by atoms with E-state index in [-0.39, 0.29) is 5.91 Å². The summed E-state index contributed by atoms with van der Waals surface area (Å²) in [4.78, 5) is 22.7. The Morgan fingerprint density at radius 2 is 1.81 bits per heavy atom. The van der Waals surface area contributed by atoms with Gasteiger partial charge in [-0.25, -0.2) is 4.98 Å². The molecule has 4 nitrogen and oxygen atoms in total. The van der Waals surface area contributed by atoms with Gasteiger partial charge in [0.05, 0.1) is 11.0 Å². The van der Waals surface area contributed by atoms with Crippen molar-refractivity contribution < 1.29 is 4.79 Å². The van der Waals surface area contributed by atoms with Crippen LogP contribution in [0.4, 0.5) is 0 Å². The molecule has 2 aromatic carbocycles. The summed E-state index contributed by atoms with van der Waals surface area (Å²) in [5, 5.41) is 0. The van der Waals surface area contributed by atoms with Gasteiger partial charge in [-0.3, -0.25) is 4.79 Å². The molecule has 0 unspecified atom stereocenters. The largest absolute Gasteiger partial charge is 0.342 e. The van der Waals surface area contributed by atoms with Crippen LogP contribution in [0.3, 0.4) is 0 Å². The first-order valence-corrected chi connectivity index (χ1v) is 9.50. The maximum atomic E-state index is 12.7. The maximum absolute atomic E-state index is 12.7. The van der Waals surface area contributed by atoms with Gasteiger partial charge in [0, 0.05) is 25.1 Å². The molecular weight excluding hydrogens is 322 g/mol. The standard InChI is InChI=1S/C22H25N3O/c1-25(18-7-3-2-4-8-18)22(26)17-13-11-16(12-14-17)15-21-23-19-9-5-6-10-20(19)24-21/h5-6,9-14,18H,2-4,7-8,15H2,1H3,(H,23,24). The SMILES string of the molecule is CN(C(=O)c1ccc(Cc2nc3ccccc3[nH]2)cc1)C1CCCCC1. The van der Waals surface area contributed by atoms with Crippen LogP contribution in [-0.2, 0) is 6.42 Å². The Hall–Kier alpha value is -2.62. The van der Waals surface area contributed by atoms with Crippen LogP contribution in [0.15, 0.2) is 48.5 Å². The molecule has 1 fully saturated rings. The summed E-state index contributed by atoms with van der Waals surface area (Å²) in [7, 11) is 1.95. The second-order valence-corrected chi connectivity index (χ2v) is 7.28. The molecular formula is C22H25N3O. The van der Waals surface area contributed by atoms with Gasteiger partial charge in [0.1, 0.15) is 5.82 Å². The van der Waals surface area contributed by atoms with Crippen LogP contribution in [0.5, 0.6) is 0 Å². The van der Waals surface area contributed by atoms with Gasteiger partial charge >= 0.3 is 0 Å². The Bertz CT molecular complexity index is 858. The zero-order valence-electron chi connectivity index (χ0n) is 15.2. The Morgan fingerprint density at radius 1 is 1.08 bits per heavy atom. The Kier molecular flexibility index (Phi) is 4.74. The van der Waals surface area contributed by atoms with Gasteiger partial charge < -0.3 is 9.88 Å². The van der Waals surface area contributed by atoms with Gasteiger partial charge in [-0.1, -0.05) is 43.5 Å². The number of imidazole rings is 1. The molecule has 0 saturated heterocycles. The molecule has 1 N–H and O–H groups in total. The molecule has 0 bridgehead atoms. The van der Waals surface area contributed by atoms with E-state index in [4.69, 9.17) is 0 Å². The number of hydrogen-bond acceptors (Lipinski definition) is 2. The summed E-state index contributed by atoms with van der Waals surface area (Å²) in [5.41, 5.74) is 3.97. The highest BCUT2D eigenvalue weighted by Crippen LogP contribution is 2.23. The van der Waals surface area contributed by atoms with Crippen LogP contribution in [0.25, 0.3) is 11.0 Å². The lowest BCUT2D eigenvalue weighted by Gasteiger charge is -2.31. The maximum Gasteiger partial charge on any atom is 0.253 e. The van der Waals surface area contributed by atoms with Crippen LogP contribution < -0.4 is 0 Å². The van der Waals surface area contributed by atoms with E-state index in [0.29, 0.717) is 6.04 Å². The lowest BCUT2D eigenvalue weighted by Crippen LogP contribution is -2.38. The summed E-state index contributed by atoms with van der Waals surface area (Å²) in [6.07, 6.45) is 6.77. The third-order valence-electron chi connectivity index (χ3n) is 5.45. The van der Waals surface area contributed by atoms with Gasteiger partial charge in [0.25, 0.3) is 5.91 Å². The van der Waals surface area contributed by atoms with E-state index >= 15 is 0 Å². The van der Waals surface area contributed by atoms with E-state index in [2.05, 4.69) is 9.97 Å². The molecule has 0 atom stereocenters. The smallest absolute Gasteiger partial charge is 0.253 e. The van der Waals surface area contributed by atoms with Crippen LogP contribution in [0.1, 0.15) is 53.8 Å². The number of aromatic nitrogens is 2. The second kappa shape index (κ2) is 7.32. The summed E-state index contributed by atoms with van der Waals surface area (Å²) in [6.45, 7) is 0. The number of nitrogens with one attached hydrogen (secondary N) is 1. The van der Waals surface area contributed by atoms with Crippen molar-refractivity contribution in [3.05, 3.63) is 65.5 Å². The molecule has 3 aromatic rings. The van der Waals surface area contributed by atoms with Crippen molar-refractivity contribution in [1.29, 1.82) is 0 Å². The van der Waals surface area contributed by atoms with Crippen molar-refractivity contribution >= 4 is 16.9 Å². The fourth-order valence-corrected chi connectivity index (χ4v) is 3.89. The van der Waals surface area contributed by atoms with Crippen LogP contribution >= 0.6 is 0 Å². The van der Waals surface area contributed by atoms with Crippen molar-refractivity contribution in [2.24, 2.45) is 0 Å². The van der Waals surface area contributed by atoms with E-state index in [1.54, 1.807) is 0 Å². The number of rotatable bonds is 4. The zero-order chi connectivity index (χ0) is 17.9. The van der Waals surface area contributed by atoms with Crippen LogP contribution in [0.2, 0.25) is 0 Å². The topological polar surface area (TPSA) is 49.0 Å². The number of nitrogens with zero attached hydrogens (tertiary/aromatic N) is 2. The summed E-state index contributed by atoms with van der Waals surface area (Å²) >= 11 is 0. The molecule has 1 amide bonds. The fourth-order valence-electron chi connectivity index (χ4n) is 3.89. The lowest BCUT2D eigenvalue weighted by molar-refractivity contribution is 0.0696. The molecule has 4 rings (SSSR count). The van der Waals surface area contributed by atoms with Crippen molar-refractivity contribution in [2.45, 2.75) is 44.6 Å². The van der Waals surface area contributed by atoms with Crippen LogP contribution in [-0.4, -0.2) is 33.9 Å². The average molecular weight is 347 g/mol. The molecule has 1 aliphatic rings. The average Bonchev–Trinajstić information content (AvgIpc) is 3.10. The molecule has 134 valence electrons. The van der Waals surface area contributed by atoms with Gasteiger partial charge in [-0.05, 0) is 42.7 Å². The van der Waals surface area contributed by atoms with E-state index in [9.17, 15) is 4.79 Å². The number of hydrogen-bond donors (Lipinski definition) is 1. The molecule has 0 aliphatic heterocycles. The van der Waals surface area contributed by atoms with Crippen molar-refractivity contribution in [3.8, 4) is 0 Å². The molecule has 0 radical (unpaired) electrons. The van der Waals surface area contributed by atoms with Crippen molar-refractivity contribution in [3.63, 3.8) is 0 Å². The first kappa shape index (κ1) is 16.8. The quantitative estimate of drug-likeness (QED) is 0.752. The first-order valence-electron chi connectivity index (χ1n) is 9.50. The number of aromatic amines is 1. The highest BCUT2D eigenvalue weighted by molar-refractivity contribution is 5.94. The van der Waals surface area contributed by atoms with Crippen molar-refractivity contribution in [1.82, 2.24) is 14.9 Å². The van der Waals surface area contributed by atoms with Gasteiger partial charge in [-0.15, -0.1) is 0 Å². The third kappa shape index (κ3) is 3.50. The Balaban J connectivity index is 1.44. The zero-order valence-corrected chi connectivity index (χ0v) is 15.2. The number of fused-ring (bicyclic) bond motifs is 1. The molecule has 0 spiro atoms. The predicted molar refractivity (Wildman–Crippen MR) is 104 cm³/mol. The molecule has 1 aromatic heterocycles. The summed E-state index contributed by atoms with van der Waals surface area (Å²) in [6, 6.07) is 16.4. The number of carbonyl (C=O) groups excluding carboxylic acids is 1. The first-order chi connectivity index (χ1) is 12.7. The van der Waals surface area contributed by atoms with Gasteiger partial charge in [0.15, 0.2) is 0 Å². The molecule has 1 aliphatic carbocycles. The van der Waals surface area contributed by atoms with E-state index < -0.39 is 0 Å². The molecule has 1 saturated carbocycles. The summed E-state index contributed by atoms with van der Waals surface area (Å²) < 4.78 is 0. The Labute approximate surface area is 154 Å². The lowest BCUT2D eigenvalue weighted by atomic mass is 9.94. The predicted octanol–water partition coefficient (Wildman–Crippen LogP) is 4.56. The number of benzene rings is 2. The van der Waals surface area contributed by atoms with Gasteiger partial charge in [-0.2, -0.15) is 0 Å². The normalized spacial score (nSPS) is 15.3. The minimum absolute atomic E-state index is 0.132. The molecule has 4 heteroatoms. The van der Waals surface area contributed by atoms with Crippen molar-refractivity contribution in [2.75, 3.05) is 7.05 Å². The number of para-hydroxylation sites is 2. The van der Waals surface area contributed by atoms with E-state index in [0.717, 1.165) is 47.2 Å². The molecule has 26 heavy (non-hydrogen) atoms. The van der Waals surface area contributed by atoms with Crippen LogP contribution in [0, 0.1) is 0 Å². The molecule has 1 heterocycles. The minimum atomic E-state index is 0.132. The Morgan fingerprint density at radius 3 is 2.54 bits per heavy atom. The van der Waals surface area contributed by atoms with E-state index in [1.807, 2.05) is 60.5 Å². The monoisotopic (exact) mass is 347 g/mol. The highest BCUT2D eigenvalue weighted by atomic mass is 16.2.